The summed E-state index contributed by atoms with van der Waals surface area (Å²) in [6.45, 7) is 17.0. The molecule has 0 aliphatic carbocycles. The minimum atomic E-state index is 0.147. The van der Waals surface area contributed by atoms with E-state index in [9.17, 15) is 4.79 Å². The Labute approximate surface area is 158 Å². The molecule has 1 aromatic rings. The van der Waals surface area contributed by atoms with Gasteiger partial charge in [0.1, 0.15) is 0 Å². The molecule has 2 saturated heterocycles. The topological polar surface area (TPSA) is 39.7 Å². The molecule has 5 heteroatoms. The summed E-state index contributed by atoms with van der Waals surface area (Å²) in [5, 5.41) is 0. The highest BCUT2D eigenvalue weighted by Gasteiger charge is 2.30. The van der Waals surface area contributed by atoms with Crippen molar-refractivity contribution in [2.75, 3.05) is 44.2 Å². The van der Waals surface area contributed by atoms with Crippen LogP contribution in [0.1, 0.15) is 58.0 Å². The van der Waals surface area contributed by atoms with Gasteiger partial charge in [0.15, 0.2) is 0 Å². The van der Waals surface area contributed by atoms with Crippen molar-refractivity contribution in [2.24, 2.45) is 5.41 Å². The number of hydrogen-bond acceptors (Lipinski definition) is 4. The Balaban J connectivity index is 1.72. The number of amides is 1. The van der Waals surface area contributed by atoms with Gasteiger partial charge in [0.2, 0.25) is 5.91 Å². The van der Waals surface area contributed by atoms with Crippen LogP contribution in [-0.2, 0) is 4.79 Å². The summed E-state index contributed by atoms with van der Waals surface area (Å²) in [6.07, 6.45) is 2.09. The maximum Gasteiger partial charge on any atom is 0.220 e. The number of hydrogen-bond donors (Lipinski definition) is 0. The standard InChI is InChI=1S/C21H34N4O/c1-16-13-18(24-11-9-23(10-12-24)15-21(3,4)5)14-19(22-16)20-7-6-8-25(20)17(2)26/h13-14,20H,6-12,15H2,1-5H3/t20-/m0/s1. The van der Waals surface area contributed by atoms with E-state index < -0.39 is 0 Å². The second kappa shape index (κ2) is 7.55. The number of carbonyl (C=O) groups excluding carboxylic acids is 1. The molecule has 26 heavy (non-hydrogen) atoms. The molecule has 144 valence electrons. The number of anilines is 1. The second-order valence-electron chi connectivity index (χ2n) is 9.09. The smallest absolute Gasteiger partial charge is 0.220 e. The third kappa shape index (κ3) is 4.56. The van der Waals surface area contributed by atoms with Crippen molar-refractivity contribution in [2.45, 2.75) is 53.5 Å². The summed E-state index contributed by atoms with van der Waals surface area (Å²) in [6, 6.07) is 4.56. The third-order valence-corrected chi connectivity index (χ3v) is 5.39. The fraction of sp³-hybridized carbons (Fsp3) is 0.714. The molecule has 3 rings (SSSR count). The van der Waals surface area contributed by atoms with Gasteiger partial charge in [-0.05, 0) is 37.3 Å². The van der Waals surface area contributed by atoms with E-state index in [4.69, 9.17) is 4.98 Å². The van der Waals surface area contributed by atoms with E-state index in [1.165, 1.54) is 5.69 Å². The molecular formula is C21H34N4O. The highest BCUT2D eigenvalue weighted by Crippen LogP contribution is 2.33. The number of pyridine rings is 1. The summed E-state index contributed by atoms with van der Waals surface area (Å²) in [5.74, 6) is 0.160. The molecule has 0 bridgehead atoms. The van der Waals surface area contributed by atoms with Crippen molar-refractivity contribution in [1.29, 1.82) is 0 Å². The zero-order valence-electron chi connectivity index (χ0n) is 17.1. The zero-order valence-corrected chi connectivity index (χ0v) is 17.1. The number of likely N-dealkylation sites (tertiary alicyclic amines) is 1. The number of rotatable bonds is 3. The number of carbonyl (C=O) groups is 1. The fourth-order valence-corrected chi connectivity index (χ4v) is 4.31. The SMILES string of the molecule is CC(=O)N1CCC[C@H]1c1cc(N2CCN(CC(C)(C)C)CC2)cc(C)n1. The molecule has 0 radical (unpaired) electrons. The monoisotopic (exact) mass is 358 g/mol. The van der Waals surface area contributed by atoms with Crippen LogP contribution in [0.3, 0.4) is 0 Å². The van der Waals surface area contributed by atoms with Crippen LogP contribution in [-0.4, -0.2) is 60.0 Å². The van der Waals surface area contributed by atoms with Crippen LogP contribution in [0.5, 0.6) is 0 Å². The fourth-order valence-electron chi connectivity index (χ4n) is 4.31. The Morgan fingerprint density at radius 2 is 1.85 bits per heavy atom. The molecule has 0 saturated carbocycles. The average Bonchev–Trinajstić information content (AvgIpc) is 3.03. The van der Waals surface area contributed by atoms with E-state index in [2.05, 4.69) is 49.6 Å². The molecule has 1 atom stereocenters. The molecule has 1 aromatic heterocycles. The zero-order chi connectivity index (χ0) is 18.9. The Bertz CT molecular complexity index is 644. The number of piperazine rings is 1. The van der Waals surface area contributed by atoms with Gasteiger partial charge in [0.05, 0.1) is 11.7 Å². The summed E-state index contributed by atoms with van der Waals surface area (Å²) >= 11 is 0. The van der Waals surface area contributed by atoms with Crippen LogP contribution >= 0.6 is 0 Å². The lowest BCUT2D eigenvalue weighted by Crippen LogP contribution is -2.48. The minimum Gasteiger partial charge on any atom is -0.369 e. The van der Waals surface area contributed by atoms with E-state index in [1.807, 2.05) is 4.90 Å². The maximum atomic E-state index is 11.9. The van der Waals surface area contributed by atoms with Gasteiger partial charge in [-0.2, -0.15) is 0 Å². The molecular weight excluding hydrogens is 324 g/mol. The highest BCUT2D eigenvalue weighted by atomic mass is 16.2. The maximum absolute atomic E-state index is 11.9. The van der Waals surface area contributed by atoms with Gasteiger partial charge < -0.3 is 9.80 Å². The van der Waals surface area contributed by atoms with Crippen LogP contribution < -0.4 is 4.90 Å². The molecule has 2 aliphatic rings. The summed E-state index contributed by atoms with van der Waals surface area (Å²) in [7, 11) is 0. The van der Waals surface area contributed by atoms with Gasteiger partial charge in [-0.1, -0.05) is 20.8 Å². The first-order valence-electron chi connectivity index (χ1n) is 9.96. The van der Waals surface area contributed by atoms with Gasteiger partial charge >= 0.3 is 0 Å². The molecule has 0 spiro atoms. The quantitative estimate of drug-likeness (QED) is 0.832. The first-order chi connectivity index (χ1) is 12.2. The number of aryl methyl sites for hydroxylation is 1. The summed E-state index contributed by atoms with van der Waals surface area (Å²) in [4.78, 5) is 23.7. The van der Waals surface area contributed by atoms with E-state index in [-0.39, 0.29) is 11.9 Å². The van der Waals surface area contributed by atoms with Crippen LogP contribution in [0.4, 0.5) is 5.69 Å². The van der Waals surface area contributed by atoms with Gasteiger partial charge in [-0.3, -0.25) is 14.7 Å². The number of nitrogens with zero attached hydrogens (tertiary/aromatic N) is 4. The average molecular weight is 359 g/mol. The molecule has 5 nitrogen and oxygen atoms in total. The van der Waals surface area contributed by atoms with E-state index >= 15 is 0 Å². The van der Waals surface area contributed by atoms with E-state index in [1.54, 1.807) is 6.92 Å². The predicted octanol–water partition coefficient (Wildman–Crippen LogP) is 3.24. The largest absolute Gasteiger partial charge is 0.369 e. The molecule has 0 aromatic carbocycles. The van der Waals surface area contributed by atoms with Gasteiger partial charge in [-0.15, -0.1) is 0 Å². The first-order valence-corrected chi connectivity index (χ1v) is 9.96. The molecule has 0 unspecified atom stereocenters. The normalized spacial score (nSPS) is 22.1. The van der Waals surface area contributed by atoms with Crippen molar-refractivity contribution in [3.05, 3.63) is 23.5 Å². The van der Waals surface area contributed by atoms with Crippen LogP contribution in [0, 0.1) is 12.3 Å². The van der Waals surface area contributed by atoms with Crippen molar-refractivity contribution in [3.8, 4) is 0 Å². The summed E-state index contributed by atoms with van der Waals surface area (Å²) < 4.78 is 0. The van der Waals surface area contributed by atoms with Gasteiger partial charge in [0, 0.05) is 57.6 Å². The van der Waals surface area contributed by atoms with Crippen molar-refractivity contribution >= 4 is 11.6 Å². The Hall–Kier alpha value is -1.62. The Morgan fingerprint density at radius 3 is 2.46 bits per heavy atom. The molecule has 3 heterocycles. The molecule has 0 N–H and O–H groups in total. The molecule has 1 amide bonds. The van der Waals surface area contributed by atoms with Crippen LogP contribution in [0.15, 0.2) is 12.1 Å². The van der Waals surface area contributed by atoms with Crippen molar-refractivity contribution in [3.63, 3.8) is 0 Å². The van der Waals surface area contributed by atoms with Crippen molar-refractivity contribution in [1.82, 2.24) is 14.8 Å². The van der Waals surface area contributed by atoms with Crippen molar-refractivity contribution < 1.29 is 4.79 Å². The molecule has 2 aliphatic heterocycles. The molecule has 2 fully saturated rings. The minimum absolute atomic E-state index is 0.147. The van der Waals surface area contributed by atoms with E-state index in [0.29, 0.717) is 5.41 Å². The van der Waals surface area contributed by atoms with Crippen LogP contribution in [0.25, 0.3) is 0 Å². The first kappa shape index (κ1) is 19.2. The van der Waals surface area contributed by atoms with E-state index in [0.717, 1.165) is 63.5 Å². The lowest BCUT2D eigenvalue weighted by Gasteiger charge is -2.39. The second-order valence-corrected chi connectivity index (χ2v) is 9.09. The summed E-state index contributed by atoms with van der Waals surface area (Å²) in [5.41, 5.74) is 3.72. The van der Waals surface area contributed by atoms with Gasteiger partial charge in [0.25, 0.3) is 0 Å². The van der Waals surface area contributed by atoms with Gasteiger partial charge in [-0.25, -0.2) is 0 Å². The Kier molecular flexibility index (Phi) is 5.56. The third-order valence-electron chi connectivity index (χ3n) is 5.39. The van der Waals surface area contributed by atoms with Crippen LogP contribution in [0.2, 0.25) is 0 Å². The lowest BCUT2D eigenvalue weighted by atomic mass is 9.96. The highest BCUT2D eigenvalue weighted by molar-refractivity contribution is 5.74. The predicted molar refractivity (Wildman–Crippen MR) is 106 cm³/mol. The Morgan fingerprint density at radius 1 is 1.15 bits per heavy atom. The number of aromatic nitrogens is 1. The lowest BCUT2D eigenvalue weighted by molar-refractivity contribution is -0.129.